The van der Waals surface area contributed by atoms with Gasteiger partial charge in [0, 0.05) is 26.2 Å². The second kappa shape index (κ2) is 7.86. The van der Waals surface area contributed by atoms with Crippen LogP contribution >= 0.6 is 11.3 Å². The van der Waals surface area contributed by atoms with E-state index in [1.807, 2.05) is 0 Å². The zero-order valence-corrected chi connectivity index (χ0v) is 16.2. The fraction of sp³-hybridized carbons (Fsp3) is 0.278. The van der Waals surface area contributed by atoms with Crippen LogP contribution in [0, 0.1) is 0 Å². The molecule has 1 saturated heterocycles. The molecule has 1 fully saturated rings. The van der Waals surface area contributed by atoms with Gasteiger partial charge in [0.15, 0.2) is 0 Å². The van der Waals surface area contributed by atoms with Gasteiger partial charge in [0.25, 0.3) is 11.8 Å². The molecule has 1 aliphatic rings. The Kier molecular flexibility index (Phi) is 5.24. The molecule has 0 saturated carbocycles. The molecule has 0 aliphatic carbocycles. The number of alkyl halides is 3. The lowest BCUT2D eigenvalue weighted by atomic mass is 10.1. The van der Waals surface area contributed by atoms with Crippen molar-refractivity contribution in [2.24, 2.45) is 0 Å². The van der Waals surface area contributed by atoms with Gasteiger partial charge in [-0.1, -0.05) is 12.1 Å². The van der Waals surface area contributed by atoms with Crippen LogP contribution < -0.4 is 0 Å². The van der Waals surface area contributed by atoms with Gasteiger partial charge in [-0.25, -0.2) is 0 Å². The van der Waals surface area contributed by atoms with E-state index >= 15 is 0 Å². The van der Waals surface area contributed by atoms with Crippen molar-refractivity contribution in [2.45, 2.75) is 6.18 Å². The van der Waals surface area contributed by atoms with E-state index in [2.05, 4.69) is 15.5 Å². The smallest absolute Gasteiger partial charge is 0.335 e. The molecule has 12 heteroatoms. The molecule has 0 unspecified atom stereocenters. The summed E-state index contributed by atoms with van der Waals surface area (Å²) in [5.74, 6) is -0.932. The van der Waals surface area contributed by atoms with Crippen molar-refractivity contribution in [1.82, 2.24) is 30.0 Å². The number of piperazine rings is 1. The number of benzene rings is 1. The summed E-state index contributed by atoms with van der Waals surface area (Å²) in [5.41, 5.74) is -0.796. The molecule has 156 valence electrons. The molecule has 2 aromatic heterocycles. The second-order valence-electron chi connectivity index (χ2n) is 6.52. The number of nitrogens with zero attached hydrogens (tertiary/aromatic N) is 6. The van der Waals surface area contributed by atoms with E-state index in [0.717, 1.165) is 6.07 Å². The lowest BCUT2D eigenvalue weighted by Crippen LogP contribution is -2.50. The van der Waals surface area contributed by atoms with Crippen LogP contribution in [0.4, 0.5) is 13.2 Å². The molecule has 0 bridgehead atoms. The molecule has 4 rings (SSSR count). The second-order valence-corrected chi connectivity index (χ2v) is 7.43. The molecule has 0 spiro atoms. The predicted octanol–water partition coefficient (Wildman–Crippen LogP) is 2.34. The maximum absolute atomic E-state index is 13.2. The molecule has 8 nitrogen and oxygen atoms in total. The van der Waals surface area contributed by atoms with Crippen LogP contribution in [0.25, 0.3) is 5.69 Å². The summed E-state index contributed by atoms with van der Waals surface area (Å²) in [4.78, 5) is 28.9. The number of aromatic nitrogens is 4. The fourth-order valence-electron chi connectivity index (χ4n) is 3.26. The van der Waals surface area contributed by atoms with E-state index in [1.54, 1.807) is 16.3 Å². The highest BCUT2D eigenvalue weighted by Gasteiger charge is 2.36. The van der Waals surface area contributed by atoms with Crippen molar-refractivity contribution in [3.05, 3.63) is 58.0 Å². The third-order valence-corrected chi connectivity index (χ3v) is 5.64. The average molecular weight is 436 g/mol. The van der Waals surface area contributed by atoms with E-state index in [0.29, 0.717) is 10.6 Å². The van der Waals surface area contributed by atoms with Gasteiger partial charge in [-0.05, 0) is 34.0 Å². The summed E-state index contributed by atoms with van der Waals surface area (Å²) >= 11 is 1.25. The Balaban J connectivity index is 1.46. The Morgan fingerprint density at radius 2 is 1.63 bits per heavy atom. The van der Waals surface area contributed by atoms with Crippen LogP contribution in [0.15, 0.2) is 42.0 Å². The van der Waals surface area contributed by atoms with E-state index < -0.39 is 17.6 Å². The van der Waals surface area contributed by atoms with Gasteiger partial charge in [0.1, 0.15) is 11.2 Å². The van der Waals surface area contributed by atoms with Crippen LogP contribution in [0.3, 0.4) is 0 Å². The van der Waals surface area contributed by atoms with Crippen molar-refractivity contribution in [2.75, 3.05) is 26.2 Å². The largest absolute Gasteiger partial charge is 0.417 e. The number of thiophene rings is 1. The maximum Gasteiger partial charge on any atom is 0.417 e. The molecule has 0 atom stereocenters. The van der Waals surface area contributed by atoms with Crippen molar-refractivity contribution < 1.29 is 22.8 Å². The standard InChI is InChI=1S/C18H15F3N6O2S/c19-18(20,21)13-4-2-1-3-12(13)16(28)25-6-8-26(9-7-25)17(29)15-14(5-10-30-15)27-11-22-23-24-27/h1-5,10-11H,6-9H2. The first-order valence-electron chi connectivity index (χ1n) is 8.92. The topological polar surface area (TPSA) is 84.2 Å². The van der Waals surface area contributed by atoms with Gasteiger partial charge in [-0.2, -0.15) is 17.9 Å². The molecule has 2 amide bonds. The van der Waals surface area contributed by atoms with E-state index in [1.165, 1.54) is 45.4 Å². The molecule has 1 aromatic carbocycles. The molecule has 0 radical (unpaired) electrons. The van der Waals surface area contributed by atoms with Crippen LogP contribution in [0.1, 0.15) is 25.6 Å². The fourth-order valence-corrected chi connectivity index (χ4v) is 4.10. The summed E-state index contributed by atoms with van der Waals surface area (Å²) in [6, 6.07) is 6.44. The van der Waals surface area contributed by atoms with Gasteiger partial charge in [-0.3, -0.25) is 9.59 Å². The Morgan fingerprint density at radius 3 is 2.27 bits per heavy atom. The molecular formula is C18H15F3N6O2S. The zero-order chi connectivity index (χ0) is 21.3. The predicted molar refractivity (Wildman–Crippen MR) is 100 cm³/mol. The first-order valence-corrected chi connectivity index (χ1v) is 9.80. The van der Waals surface area contributed by atoms with Gasteiger partial charge >= 0.3 is 6.18 Å². The third kappa shape index (κ3) is 3.77. The number of carbonyl (C=O) groups is 2. The van der Waals surface area contributed by atoms with Crippen LogP contribution in [0.5, 0.6) is 0 Å². The molecular weight excluding hydrogens is 421 g/mol. The van der Waals surface area contributed by atoms with Crippen LogP contribution in [-0.2, 0) is 6.18 Å². The van der Waals surface area contributed by atoms with E-state index in [9.17, 15) is 22.8 Å². The molecule has 0 N–H and O–H groups in total. The van der Waals surface area contributed by atoms with E-state index in [4.69, 9.17) is 0 Å². The molecule has 1 aliphatic heterocycles. The monoisotopic (exact) mass is 436 g/mol. The van der Waals surface area contributed by atoms with Crippen molar-refractivity contribution in [3.8, 4) is 5.69 Å². The van der Waals surface area contributed by atoms with Crippen LogP contribution in [-0.4, -0.2) is 68.0 Å². The zero-order valence-electron chi connectivity index (χ0n) is 15.4. The Hall–Kier alpha value is -3.28. The number of tetrazole rings is 1. The number of hydrogen-bond acceptors (Lipinski definition) is 6. The van der Waals surface area contributed by atoms with Gasteiger partial charge in [0.2, 0.25) is 0 Å². The molecule has 3 aromatic rings. The minimum absolute atomic E-state index is 0.141. The molecule has 30 heavy (non-hydrogen) atoms. The average Bonchev–Trinajstić information content (AvgIpc) is 3.44. The highest BCUT2D eigenvalue weighted by Crippen LogP contribution is 2.32. The first-order chi connectivity index (χ1) is 14.4. The number of halogens is 3. The number of rotatable bonds is 3. The Labute approximate surface area is 172 Å². The quantitative estimate of drug-likeness (QED) is 0.629. The lowest BCUT2D eigenvalue weighted by Gasteiger charge is -2.35. The number of amides is 2. The Bertz CT molecular complexity index is 1060. The highest BCUT2D eigenvalue weighted by molar-refractivity contribution is 7.12. The van der Waals surface area contributed by atoms with Gasteiger partial charge in [-0.15, -0.1) is 16.4 Å². The lowest BCUT2D eigenvalue weighted by molar-refractivity contribution is -0.138. The highest BCUT2D eigenvalue weighted by atomic mass is 32.1. The number of hydrogen-bond donors (Lipinski definition) is 0. The normalized spacial score (nSPS) is 14.8. The summed E-state index contributed by atoms with van der Waals surface area (Å²) in [5, 5.41) is 12.7. The van der Waals surface area contributed by atoms with Crippen molar-refractivity contribution in [1.29, 1.82) is 0 Å². The summed E-state index contributed by atoms with van der Waals surface area (Å²) < 4.78 is 41.0. The minimum atomic E-state index is -4.62. The van der Waals surface area contributed by atoms with E-state index in [-0.39, 0.29) is 37.6 Å². The minimum Gasteiger partial charge on any atom is -0.335 e. The van der Waals surface area contributed by atoms with Gasteiger partial charge in [0.05, 0.1) is 16.8 Å². The molecule has 3 heterocycles. The van der Waals surface area contributed by atoms with Crippen molar-refractivity contribution in [3.63, 3.8) is 0 Å². The third-order valence-electron chi connectivity index (χ3n) is 4.75. The SMILES string of the molecule is O=C(c1ccccc1C(F)(F)F)N1CCN(C(=O)c2sccc2-n2cnnn2)CC1. The van der Waals surface area contributed by atoms with Gasteiger partial charge < -0.3 is 9.80 Å². The Morgan fingerprint density at radius 1 is 0.967 bits per heavy atom. The summed E-state index contributed by atoms with van der Waals surface area (Å²) in [6.45, 7) is 0.710. The van der Waals surface area contributed by atoms with Crippen molar-refractivity contribution >= 4 is 23.2 Å². The maximum atomic E-state index is 13.2. The van der Waals surface area contributed by atoms with Crippen LogP contribution in [0.2, 0.25) is 0 Å². The number of carbonyl (C=O) groups excluding carboxylic acids is 2. The summed E-state index contributed by atoms with van der Waals surface area (Å²) in [6.07, 6.45) is -3.23. The summed E-state index contributed by atoms with van der Waals surface area (Å²) in [7, 11) is 0. The first kappa shape index (κ1) is 20.0.